The summed E-state index contributed by atoms with van der Waals surface area (Å²) in [7, 11) is 0. The second-order valence-electron chi connectivity index (χ2n) is 9.70. The first-order chi connectivity index (χ1) is 18.7. The number of amides is 2. The van der Waals surface area contributed by atoms with Crippen molar-refractivity contribution in [1.82, 2.24) is 0 Å². The maximum absolute atomic E-state index is 13.8. The van der Waals surface area contributed by atoms with Crippen molar-refractivity contribution in [2.24, 2.45) is 11.0 Å². The van der Waals surface area contributed by atoms with E-state index < -0.39 is 23.7 Å². The van der Waals surface area contributed by atoms with E-state index in [1.165, 1.54) is 29.3 Å². The SMILES string of the molecule is CC1=NN(c2cc(Cc3ccccc3)cc(-c3ccccc3)c2)C(=O)C1C(=O)Nc1cccc(C(C)(F)F)c1. The fraction of sp³-hybridized carbons (Fsp3) is 0.156. The van der Waals surface area contributed by atoms with Gasteiger partial charge in [-0.05, 0) is 59.9 Å². The van der Waals surface area contributed by atoms with Gasteiger partial charge in [0.1, 0.15) is 0 Å². The highest BCUT2D eigenvalue weighted by atomic mass is 19.3. The summed E-state index contributed by atoms with van der Waals surface area (Å²) in [6.45, 7) is 2.41. The van der Waals surface area contributed by atoms with E-state index in [1.807, 2.05) is 72.8 Å². The normalized spacial score (nSPS) is 15.3. The number of hydrogen-bond acceptors (Lipinski definition) is 3. The van der Waals surface area contributed by atoms with Gasteiger partial charge in [0.15, 0.2) is 5.92 Å². The number of nitrogens with zero attached hydrogens (tertiary/aromatic N) is 2. The summed E-state index contributed by atoms with van der Waals surface area (Å²) in [6, 6.07) is 31.2. The van der Waals surface area contributed by atoms with Crippen LogP contribution in [0.15, 0.2) is 108 Å². The van der Waals surface area contributed by atoms with Crippen LogP contribution in [0, 0.1) is 5.92 Å². The highest BCUT2D eigenvalue weighted by Gasteiger charge is 2.40. The van der Waals surface area contributed by atoms with Crippen LogP contribution in [0.25, 0.3) is 11.1 Å². The molecule has 0 saturated carbocycles. The Morgan fingerprint density at radius 1 is 0.872 bits per heavy atom. The lowest BCUT2D eigenvalue weighted by molar-refractivity contribution is -0.127. The van der Waals surface area contributed by atoms with Gasteiger partial charge in [0, 0.05) is 18.2 Å². The third kappa shape index (κ3) is 5.77. The lowest BCUT2D eigenvalue weighted by atomic mass is 9.97. The van der Waals surface area contributed by atoms with Crippen LogP contribution in [0.5, 0.6) is 0 Å². The largest absolute Gasteiger partial charge is 0.325 e. The summed E-state index contributed by atoms with van der Waals surface area (Å²) in [5, 5.41) is 8.31. The van der Waals surface area contributed by atoms with Crippen LogP contribution in [0.3, 0.4) is 0 Å². The van der Waals surface area contributed by atoms with Crippen molar-refractivity contribution in [2.75, 3.05) is 10.3 Å². The van der Waals surface area contributed by atoms with Crippen LogP contribution in [-0.2, 0) is 21.9 Å². The lowest BCUT2D eigenvalue weighted by Gasteiger charge is -2.18. The first-order valence-corrected chi connectivity index (χ1v) is 12.6. The molecular weight excluding hydrogens is 496 g/mol. The molecule has 0 fully saturated rings. The second kappa shape index (κ2) is 10.6. The van der Waals surface area contributed by atoms with Gasteiger partial charge in [-0.1, -0.05) is 78.9 Å². The van der Waals surface area contributed by atoms with Crippen molar-refractivity contribution in [1.29, 1.82) is 0 Å². The highest BCUT2D eigenvalue weighted by Crippen LogP contribution is 2.32. The maximum Gasteiger partial charge on any atom is 0.270 e. The van der Waals surface area contributed by atoms with Crippen molar-refractivity contribution in [3.63, 3.8) is 0 Å². The Kier molecular flexibility index (Phi) is 7.07. The predicted molar refractivity (Wildman–Crippen MR) is 150 cm³/mol. The molecule has 1 N–H and O–H groups in total. The maximum atomic E-state index is 13.8. The Balaban J connectivity index is 1.44. The van der Waals surface area contributed by atoms with E-state index in [4.69, 9.17) is 0 Å². The Morgan fingerprint density at radius 3 is 2.26 bits per heavy atom. The molecule has 0 radical (unpaired) electrons. The standard InChI is InChI=1S/C32H27F2N3O2/c1-21-29(30(38)35-27-15-9-14-26(20-27)32(2,33)34)31(39)37(36-21)28-18-23(16-22-10-5-3-6-11-22)17-25(19-28)24-12-7-4-8-13-24/h3-15,17-20,29H,16H2,1-2H3,(H,35,38). The van der Waals surface area contributed by atoms with Gasteiger partial charge in [-0.2, -0.15) is 10.1 Å². The van der Waals surface area contributed by atoms with E-state index >= 15 is 0 Å². The van der Waals surface area contributed by atoms with E-state index in [-0.39, 0.29) is 11.3 Å². The first-order valence-electron chi connectivity index (χ1n) is 12.6. The van der Waals surface area contributed by atoms with Gasteiger partial charge in [-0.3, -0.25) is 9.59 Å². The Labute approximate surface area is 225 Å². The summed E-state index contributed by atoms with van der Waals surface area (Å²) < 4.78 is 27.5. The second-order valence-corrected chi connectivity index (χ2v) is 9.70. The minimum atomic E-state index is -3.06. The molecule has 0 saturated heterocycles. The zero-order chi connectivity index (χ0) is 27.6. The van der Waals surface area contributed by atoms with Gasteiger partial charge in [-0.25, -0.2) is 8.78 Å². The van der Waals surface area contributed by atoms with Gasteiger partial charge < -0.3 is 5.32 Å². The fourth-order valence-corrected chi connectivity index (χ4v) is 4.66. The molecule has 4 aromatic carbocycles. The van der Waals surface area contributed by atoms with Crippen LogP contribution in [0.4, 0.5) is 20.2 Å². The molecule has 2 amide bonds. The molecule has 39 heavy (non-hydrogen) atoms. The van der Waals surface area contributed by atoms with Crippen molar-refractivity contribution >= 4 is 28.9 Å². The molecule has 1 atom stereocenters. The molecule has 196 valence electrons. The molecule has 1 unspecified atom stereocenters. The number of halogens is 2. The number of carbonyl (C=O) groups excluding carboxylic acids is 2. The average Bonchev–Trinajstić information content (AvgIpc) is 3.23. The molecule has 0 bridgehead atoms. The first kappa shape index (κ1) is 26.0. The van der Waals surface area contributed by atoms with E-state index in [0.717, 1.165) is 29.2 Å². The topological polar surface area (TPSA) is 61.8 Å². The van der Waals surface area contributed by atoms with Crippen molar-refractivity contribution in [3.05, 3.63) is 120 Å². The molecule has 7 heteroatoms. The smallest absolute Gasteiger partial charge is 0.270 e. The zero-order valence-corrected chi connectivity index (χ0v) is 21.6. The van der Waals surface area contributed by atoms with E-state index in [9.17, 15) is 18.4 Å². The van der Waals surface area contributed by atoms with Crippen molar-refractivity contribution in [2.45, 2.75) is 26.2 Å². The third-order valence-electron chi connectivity index (χ3n) is 6.61. The Morgan fingerprint density at radius 2 is 1.56 bits per heavy atom. The molecule has 4 aromatic rings. The predicted octanol–water partition coefficient (Wildman–Crippen LogP) is 7.03. The van der Waals surface area contributed by atoms with E-state index in [1.54, 1.807) is 6.92 Å². The van der Waals surface area contributed by atoms with Crippen molar-refractivity contribution in [3.8, 4) is 11.1 Å². The summed E-state index contributed by atoms with van der Waals surface area (Å²) in [4.78, 5) is 26.7. The number of carbonyl (C=O) groups is 2. The molecule has 0 spiro atoms. The number of rotatable bonds is 7. The fourth-order valence-electron chi connectivity index (χ4n) is 4.66. The number of hydrazone groups is 1. The van der Waals surface area contributed by atoms with Crippen LogP contribution in [0.2, 0.25) is 0 Å². The van der Waals surface area contributed by atoms with Crippen LogP contribution in [0.1, 0.15) is 30.5 Å². The van der Waals surface area contributed by atoms with Gasteiger partial charge in [0.2, 0.25) is 5.91 Å². The summed E-state index contributed by atoms with van der Waals surface area (Å²) in [5.74, 6) is -5.35. The number of benzene rings is 4. The highest BCUT2D eigenvalue weighted by molar-refractivity contribution is 6.28. The van der Waals surface area contributed by atoms with Crippen molar-refractivity contribution < 1.29 is 18.4 Å². The Bertz CT molecular complexity index is 1550. The summed E-state index contributed by atoms with van der Waals surface area (Å²) in [5.41, 5.74) is 4.86. The van der Waals surface area contributed by atoms with E-state index in [2.05, 4.69) is 16.5 Å². The lowest BCUT2D eigenvalue weighted by Crippen LogP contribution is -2.36. The number of nitrogens with one attached hydrogen (secondary N) is 1. The summed E-state index contributed by atoms with van der Waals surface area (Å²) in [6.07, 6.45) is 0.654. The zero-order valence-electron chi connectivity index (χ0n) is 21.6. The molecule has 1 aliphatic rings. The molecule has 1 aliphatic heterocycles. The molecule has 5 rings (SSSR count). The van der Waals surface area contributed by atoms with Crippen LogP contribution >= 0.6 is 0 Å². The minimum Gasteiger partial charge on any atom is -0.325 e. The molecule has 5 nitrogen and oxygen atoms in total. The van der Waals surface area contributed by atoms with Crippen LogP contribution < -0.4 is 10.3 Å². The van der Waals surface area contributed by atoms with Gasteiger partial charge >= 0.3 is 0 Å². The minimum absolute atomic E-state index is 0.189. The molecule has 0 aliphatic carbocycles. The Hall–Kier alpha value is -4.65. The average molecular weight is 524 g/mol. The van der Waals surface area contributed by atoms with Gasteiger partial charge in [-0.15, -0.1) is 0 Å². The molecule has 1 heterocycles. The molecular formula is C32H27F2N3O2. The number of alkyl halides is 2. The quantitative estimate of drug-likeness (QED) is 0.264. The van der Waals surface area contributed by atoms with Crippen LogP contribution in [-0.4, -0.2) is 17.5 Å². The van der Waals surface area contributed by atoms with Gasteiger partial charge in [0.05, 0.1) is 11.4 Å². The number of hydrogen-bond donors (Lipinski definition) is 1. The third-order valence-corrected chi connectivity index (χ3v) is 6.61. The summed E-state index contributed by atoms with van der Waals surface area (Å²) >= 11 is 0. The number of anilines is 2. The van der Waals surface area contributed by atoms with Gasteiger partial charge in [0.25, 0.3) is 11.8 Å². The van der Waals surface area contributed by atoms with E-state index in [0.29, 0.717) is 17.8 Å². The molecule has 0 aromatic heterocycles. The monoisotopic (exact) mass is 523 g/mol.